The van der Waals surface area contributed by atoms with Gasteiger partial charge in [-0.15, -0.1) is 0 Å². The van der Waals surface area contributed by atoms with Crippen LogP contribution >= 0.6 is 0 Å². The van der Waals surface area contributed by atoms with E-state index in [4.69, 9.17) is 4.74 Å². The van der Waals surface area contributed by atoms with Crippen molar-refractivity contribution in [1.82, 2.24) is 4.90 Å². The van der Waals surface area contributed by atoms with Gasteiger partial charge in [-0.25, -0.2) is 0 Å². The van der Waals surface area contributed by atoms with Crippen molar-refractivity contribution in [3.63, 3.8) is 0 Å². The van der Waals surface area contributed by atoms with E-state index in [0.717, 1.165) is 24.3 Å². The van der Waals surface area contributed by atoms with Crippen molar-refractivity contribution < 1.29 is 4.74 Å². The lowest BCUT2D eigenvalue weighted by molar-refractivity contribution is 0.302. The average molecular weight is 247 g/mol. The maximum atomic E-state index is 5.72. The predicted octanol–water partition coefficient (Wildman–Crippen LogP) is 3.83. The molecule has 0 heterocycles. The molecule has 1 aromatic rings. The van der Waals surface area contributed by atoms with E-state index < -0.39 is 0 Å². The quantitative estimate of drug-likeness (QED) is 0.615. The second kappa shape index (κ2) is 8.76. The van der Waals surface area contributed by atoms with Crippen molar-refractivity contribution in [1.29, 1.82) is 0 Å². The van der Waals surface area contributed by atoms with E-state index in [-0.39, 0.29) is 0 Å². The Morgan fingerprint density at radius 2 is 1.94 bits per heavy atom. The van der Waals surface area contributed by atoms with E-state index in [0.29, 0.717) is 0 Å². The predicted molar refractivity (Wildman–Crippen MR) is 79.1 cm³/mol. The highest BCUT2D eigenvalue weighted by atomic mass is 16.5. The van der Waals surface area contributed by atoms with Gasteiger partial charge in [-0.2, -0.15) is 0 Å². The van der Waals surface area contributed by atoms with Crippen LogP contribution in [0.25, 0.3) is 6.08 Å². The molecule has 0 saturated carbocycles. The highest BCUT2D eigenvalue weighted by molar-refractivity contribution is 5.49. The summed E-state index contributed by atoms with van der Waals surface area (Å²) in [6, 6.07) is 8.06. The van der Waals surface area contributed by atoms with Crippen molar-refractivity contribution in [2.45, 2.75) is 25.7 Å². The van der Waals surface area contributed by atoms with Crippen molar-refractivity contribution in [3.05, 3.63) is 36.4 Å². The van der Waals surface area contributed by atoms with Crippen LogP contribution in [0.1, 0.15) is 31.2 Å². The third kappa shape index (κ3) is 6.45. The smallest absolute Gasteiger partial charge is 0.119 e. The Morgan fingerprint density at radius 1 is 1.17 bits per heavy atom. The standard InChI is InChI=1S/C16H25NO/c1-4-15-10-9-11-16(14-15)18-13-8-6-5-7-12-17(2)3/h4,9-11,14H,1,5-8,12-13H2,2-3H3. The zero-order valence-electron chi connectivity index (χ0n) is 11.7. The summed E-state index contributed by atoms with van der Waals surface area (Å²) in [7, 11) is 4.24. The Bertz CT molecular complexity index is 347. The molecule has 0 aliphatic carbocycles. The van der Waals surface area contributed by atoms with Crippen LogP contribution in [-0.4, -0.2) is 32.1 Å². The van der Waals surface area contributed by atoms with E-state index in [2.05, 4.69) is 25.6 Å². The normalized spacial score (nSPS) is 10.6. The van der Waals surface area contributed by atoms with Crippen molar-refractivity contribution in [3.8, 4) is 5.75 Å². The van der Waals surface area contributed by atoms with Crippen molar-refractivity contribution in [2.24, 2.45) is 0 Å². The Labute approximate surface area is 111 Å². The summed E-state index contributed by atoms with van der Waals surface area (Å²) in [5.41, 5.74) is 1.11. The lowest BCUT2D eigenvalue weighted by atomic mass is 10.2. The molecule has 2 nitrogen and oxygen atoms in total. The van der Waals surface area contributed by atoms with E-state index in [1.807, 2.05) is 30.3 Å². The molecule has 0 saturated heterocycles. The van der Waals surface area contributed by atoms with Crippen LogP contribution < -0.4 is 4.74 Å². The second-order valence-electron chi connectivity index (χ2n) is 4.84. The summed E-state index contributed by atoms with van der Waals surface area (Å²) < 4.78 is 5.72. The fourth-order valence-electron chi connectivity index (χ4n) is 1.80. The molecule has 0 unspecified atom stereocenters. The summed E-state index contributed by atoms with van der Waals surface area (Å²) >= 11 is 0. The fraction of sp³-hybridized carbons (Fsp3) is 0.500. The lowest BCUT2D eigenvalue weighted by Crippen LogP contribution is -2.12. The Balaban J connectivity index is 2.08. The molecule has 1 rings (SSSR count). The third-order valence-corrected chi connectivity index (χ3v) is 2.86. The maximum Gasteiger partial charge on any atom is 0.119 e. The fourth-order valence-corrected chi connectivity index (χ4v) is 1.80. The van der Waals surface area contributed by atoms with Crippen LogP contribution in [0.4, 0.5) is 0 Å². The van der Waals surface area contributed by atoms with Gasteiger partial charge in [0.05, 0.1) is 6.61 Å². The Hall–Kier alpha value is -1.28. The van der Waals surface area contributed by atoms with E-state index in [9.17, 15) is 0 Å². The van der Waals surface area contributed by atoms with Crippen molar-refractivity contribution >= 4 is 6.08 Å². The monoisotopic (exact) mass is 247 g/mol. The first-order valence-electron chi connectivity index (χ1n) is 6.72. The van der Waals surface area contributed by atoms with Gasteiger partial charge in [-0.05, 0) is 51.2 Å². The molecular weight excluding hydrogens is 222 g/mol. The molecule has 0 spiro atoms. The van der Waals surface area contributed by atoms with Gasteiger partial charge in [0.15, 0.2) is 0 Å². The summed E-state index contributed by atoms with van der Waals surface area (Å²) in [4.78, 5) is 2.23. The van der Waals surface area contributed by atoms with Gasteiger partial charge >= 0.3 is 0 Å². The zero-order valence-corrected chi connectivity index (χ0v) is 11.7. The molecule has 2 heteroatoms. The molecule has 0 radical (unpaired) electrons. The van der Waals surface area contributed by atoms with Crippen LogP contribution in [0.5, 0.6) is 5.75 Å². The van der Waals surface area contributed by atoms with Gasteiger partial charge < -0.3 is 9.64 Å². The molecule has 0 atom stereocenters. The van der Waals surface area contributed by atoms with Crippen LogP contribution in [0.3, 0.4) is 0 Å². The first-order chi connectivity index (χ1) is 8.72. The van der Waals surface area contributed by atoms with Crippen LogP contribution in [0.2, 0.25) is 0 Å². The summed E-state index contributed by atoms with van der Waals surface area (Å²) in [5.74, 6) is 0.945. The largest absolute Gasteiger partial charge is 0.494 e. The SMILES string of the molecule is C=Cc1cccc(OCCCCCCN(C)C)c1. The summed E-state index contributed by atoms with van der Waals surface area (Å²) in [5, 5.41) is 0. The van der Waals surface area contributed by atoms with Gasteiger partial charge in [0.2, 0.25) is 0 Å². The molecule has 0 fully saturated rings. The highest BCUT2D eigenvalue weighted by Gasteiger charge is 1.95. The number of unbranched alkanes of at least 4 members (excludes halogenated alkanes) is 3. The highest BCUT2D eigenvalue weighted by Crippen LogP contribution is 2.14. The maximum absolute atomic E-state index is 5.72. The van der Waals surface area contributed by atoms with Gasteiger partial charge in [-0.1, -0.05) is 37.6 Å². The van der Waals surface area contributed by atoms with Crippen LogP contribution in [0, 0.1) is 0 Å². The minimum absolute atomic E-state index is 0.808. The summed E-state index contributed by atoms with van der Waals surface area (Å²) in [6.07, 6.45) is 6.78. The Kier molecular flexibility index (Phi) is 7.19. The third-order valence-electron chi connectivity index (χ3n) is 2.86. The number of rotatable bonds is 9. The van der Waals surface area contributed by atoms with Crippen LogP contribution in [-0.2, 0) is 0 Å². The zero-order chi connectivity index (χ0) is 13.2. The summed E-state index contributed by atoms with van der Waals surface area (Å²) in [6.45, 7) is 5.75. The topological polar surface area (TPSA) is 12.5 Å². The molecule has 1 aromatic carbocycles. The molecule has 18 heavy (non-hydrogen) atoms. The molecule has 0 aliphatic heterocycles. The van der Waals surface area contributed by atoms with E-state index in [1.165, 1.54) is 25.8 Å². The molecule has 100 valence electrons. The van der Waals surface area contributed by atoms with Gasteiger partial charge in [-0.3, -0.25) is 0 Å². The molecule has 0 bridgehead atoms. The first-order valence-corrected chi connectivity index (χ1v) is 6.72. The Morgan fingerprint density at radius 3 is 2.67 bits per heavy atom. The number of hydrogen-bond donors (Lipinski definition) is 0. The van der Waals surface area contributed by atoms with Crippen LogP contribution in [0.15, 0.2) is 30.8 Å². The van der Waals surface area contributed by atoms with Gasteiger partial charge in [0.25, 0.3) is 0 Å². The van der Waals surface area contributed by atoms with Crippen molar-refractivity contribution in [2.75, 3.05) is 27.2 Å². The molecule has 0 amide bonds. The first kappa shape index (κ1) is 14.8. The van der Waals surface area contributed by atoms with E-state index in [1.54, 1.807) is 0 Å². The number of ether oxygens (including phenoxy) is 1. The van der Waals surface area contributed by atoms with Gasteiger partial charge in [0, 0.05) is 0 Å². The minimum Gasteiger partial charge on any atom is -0.494 e. The lowest BCUT2D eigenvalue weighted by Gasteiger charge is -2.09. The molecule has 0 aliphatic rings. The average Bonchev–Trinajstić information content (AvgIpc) is 2.37. The van der Waals surface area contributed by atoms with Gasteiger partial charge in [0.1, 0.15) is 5.75 Å². The molecular formula is C16H25NO. The van der Waals surface area contributed by atoms with E-state index >= 15 is 0 Å². The number of benzene rings is 1. The molecule has 0 aromatic heterocycles. The number of nitrogens with zero attached hydrogens (tertiary/aromatic N) is 1. The number of hydrogen-bond acceptors (Lipinski definition) is 2. The minimum atomic E-state index is 0.808. The molecule has 0 N–H and O–H groups in total. The second-order valence-corrected chi connectivity index (χ2v) is 4.84.